The van der Waals surface area contributed by atoms with Crippen LogP contribution < -0.4 is 9.47 Å². The molecule has 2 heterocycles. The van der Waals surface area contributed by atoms with Crippen LogP contribution in [0.4, 0.5) is 0 Å². The summed E-state index contributed by atoms with van der Waals surface area (Å²) in [5, 5.41) is 0.664. The molecule has 164 valence electrons. The summed E-state index contributed by atoms with van der Waals surface area (Å²) in [6, 6.07) is 25.3. The van der Waals surface area contributed by atoms with Crippen molar-refractivity contribution in [1.82, 2.24) is 9.97 Å². The van der Waals surface area contributed by atoms with Crippen LogP contribution in [0, 0.1) is 0 Å². The number of imidazole rings is 1. The third-order valence-corrected chi connectivity index (χ3v) is 5.70. The van der Waals surface area contributed by atoms with Gasteiger partial charge in [0.25, 0.3) is 0 Å². The summed E-state index contributed by atoms with van der Waals surface area (Å²) < 4.78 is 16.5. The molecule has 0 aliphatic carbocycles. The van der Waals surface area contributed by atoms with Crippen molar-refractivity contribution in [3.63, 3.8) is 0 Å². The van der Waals surface area contributed by atoms with E-state index in [0.717, 1.165) is 45.1 Å². The van der Waals surface area contributed by atoms with E-state index in [1.807, 2.05) is 78.9 Å². The highest BCUT2D eigenvalue weighted by Gasteiger charge is 2.20. The first-order valence-electron chi connectivity index (χ1n) is 10.4. The van der Waals surface area contributed by atoms with E-state index in [-0.39, 0.29) is 0 Å². The van der Waals surface area contributed by atoms with Crippen LogP contribution in [0.5, 0.6) is 11.5 Å². The molecule has 5 nitrogen and oxygen atoms in total. The van der Waals surface area contributed by atoms with Crippen LogP contribution in [0.15, 0.2) is 89.5 Å². The van der Waals surface area contributed by atoms with Crippen LogP contribution in [-0.4, -0.2) is 24.2 Å². The van der Waals surface area contributed by atoms with Gasteiger partial charge < -0.3 is 18.9 Å². The number of methoxy groups -OCH3 is 2. The highest BCUT2D eigenvalue weighted by atomic mass is 35.5. The molecule has 5 rings (SSSR count). The first-order chi connectivity index (χ1) is 16.2. The van der Waals surface area contributed by atoms with Crippen molar-refractivity contribution >= 4 is 11.6 Å². The molecule has 0 saturated heterocycles. The van der Waals surface area contributed by atoms with Gasteiger partial charge in [-0.05, 0) is 72.3 Å². The Bertz CT molecular complexity index is 1320. The molecule has 0 radical (unpaired) electrons. The van der Waals surface area contributed by atoms with Crippen LogP contribution in [0.3, 0.4) is 0 Å². The molecule has 0 amide bonds. The van der Waals surface area contributed by atoms with E-state index in [0.29, 0.717) is 16.6 Å². The standard InChI is InChI=1S/C27H21ClN2O3/c1-31-21-10-6-17(7-11-21)24-25(18-8-12-22(32-2)13-9-18)30-27(29-24)26-23(14-15-33-26)19-4-3-5-20(28)16-19/h3-16H,1-2H3,(H,29,30). The summed E-state index contributed by atoms with van der Waals surface area (Å²) in [6.45, 7) is 0. The third kappa shape index (κ3) is 4.11. The fourth-order valence-corrected chi connectivity index (χ4v) is 3.97. The van der Waals surface area contributed by atoms with Crippen LogP contribution in [0.1, 0.15) is 0 Å². The highest BCUT2D eigenvalue weighted by molar-refractivity contribution is 6.30. The number of furan rings is 1. The predicted octanol–water partition coefficient (Wildman–Crippen LogP) is 7.34. The van der Waals surface area contributed by atoms with Gasteiger partial charge >= 0.3 is 0 Å². The van der Waals surface area contributed by atoms with Gasteiger partial charge in [0.2, 0.25) is 0 Å². The fraction of sp³-hybridized carbons (Fsp3) is 0.0741. The van der Waals surface area contributed by atoms with E-state index in [9.17, 15) is 0 Å². The molecule has 0 aliphatic rings. The Morgan fingerprint density at radius 1 is 0.788 bits per heavy atom. The first kappa shape index (κ1) is 20.9. The molecule has 0 fully saturated rings. The second-order valence-corrected chi connectivity index (χ2v) is 7.88. The van der Waals surface area contributed by atoms with Crippen LogP contribution >= 0.6 is 11.6 Å². The lowest BCUT2D eigenvalue weighted by atomic mass is 10.0. The Morgan fingerprint density at radius 3 is 2.09 bits per heavy atom. The zero-order valence-electron chi connectivity index (χ0n) is 18.1. The number of benzene rings is 3. The lowest BCUT2D eigenvalue weighted by Gasteiger charge is -2.06. The van der Waals surface area contributed by atoms with Crippen molar-refractivity contribution in [1.29, 1.82) is 0 Å². The highest BCUT2D eigenvalue weighted by Crippen LogP contribution is 2.38. The Kier molecular flexibility index (Phi) is 5.63. The number of ether oxygens (including phenoxy) is 2. The molecular formula is C27H21ClN2O3. The molecule has 0 saturated carbocycles. The Balaban J connectivity index is 1.65. The maximum Gasteiger partial charge on any atom is 0.177 e. The Morgan fingerprint density at radius 2 is 1.45 bits per heavy atom. The van der Waals surface area contributed by atoms with E-state index in [4.69, 9.17) is 30.5 Å². The predicted molar refractivity (Wildman–Crippen MR) is 131 cm³/mol. The van der Waals surface area contributed by atoms with Crippen molar-refractivity contribution in [2.75, 3.05) is 14.2 Å². The molecule has 0 unspecified atom stereocenters. The molecule has 5 aromatic rings. The van der Waals surface area contributed by atoms with E-state index in [1.165, 1.54) is 0 Å². The number of halogens is 1. The summed E-state index contributed by atoms with van der Waals surface area (Å²) >= 11 is 6.22. The molecule has 0 bridgehead atoms. The van der Waals surface area contributed by atoms with Gasteiger partial charge in [0.05, 0.1) is 31.9 Å². The van der Waals surface area contributed by atoms with Gasteiger partial charge in [-0.3, -0.25) is 0 Å². The average Bonchev–Trinajstić information content (AvgIpc) is 3.52. The van der Waals surface area contributed by atoms with E-state index in [2.05, 4.69) is 4.98 Å². The maximum atomic E-state index is 6.22. The minimum absolute atomic E-state index is 0.631. The number of rotatable bonds is 6. The SMILES string of the molecule is COc1ccc(-c2nc(-c3occc3-c3cccc(Cl)c3)[nH]c2-c2ccc(OC)cc2)cc1. The summed E-state index contributed by atoms with van der Waals surface area (Å²) in [6.07, 6.45) is 1.66. The lowest BCUT2D eigenvalue weighted by Crippen LogP contribution is -1.87. The summed E-state index contributed by atoms with van der Waals surface area (Å²) in [4.78, 5) is 8.43. The average molecular weight is 457 g/mol. The topological polar surface area (TPSA) is 60.3 Å². The molecule has 3 aromatic carbocycles. The van der Waals surface area contributed by atoms with Crippen LogP contribution in [0.2, 0.25) is 5.02 Å². The van der Waals surface area contributed by atoms with Crippen molar-refractivity contribution in [3.05, 3.63) is 90.1 Å². The summed E-state index contributed by atoms with van der Waals surface area (Å²) in [5.41, 5.74) is 5.50. The number of aromatic nitrogens is 2. The minimum atomic E-state index is 0.631. The van der Waals surface area contributed by atoms with E-state index in [1.54, 1.807) is 20.5 Å². The smallest absolute Gasteiger partial charge is 0.177 e. The van der Waals surface area contributed by atoms with Crippen LogP contribution in [0.25, 0.3) is 45.2 Å². The second-order valence-electron chi connectivity index (χ2n) is 7.44. The van der Waals surface area contributed by atoms with Gasteiger partial charge in [-0.1, -0.05) is 23.7 Å². The fourth-order valence-electron chi connectivity index (χ4n) is 3.78. The zero-order chi connectivity index (χ0) is 22.8. The molecular weight excluding hydrogens is 436 g/mol. The molecule has 2 aromatic heterocycles. The number of hydrogen-bond acceptors (Lipinski definition) is 4. The quantitative estimate of drug-likeness (QED) is 0.290. The summed E-state index contributed by atoms with van der Waals surface area (Å²) in [5.74, 6) is 2.85. The molecule has 6 heteroatoms. The van der Waals surface area contributed by atoms with Gasteiger partial charge in [-0.25, -0.2) is 4.98 Å². The van der Waals surface area contributed by atoms with Gasteiger partial charge in [0.15, 0.2) is 11.6 Å². The van der Waals surface area contributed by atoms with Gasteiger partial charge in [0.1, 0.15) is 11.5 Å². The van der Waals surface area contributed by atoms with E-state index >= 15 is 0 Å². The zero-order valence-corrected chi connectivity index (χ0v) is 18.9. The Hall–Kier alpha value is -3.96. The molecule has 0 aliphatic heterocycles. The van der Waals surface area contributed by atoms with Crippen molar-refractivity contribution in [3.8, 4) is 56.7 Å². The largest absolute Gasteiger partial charge is 0.497 e. The van der Waals surface area contributed by atoms with Crippen molar-refractivity contribution in [2.24, 2.45) is 0 Å². The van der Waals surface area contributed by atoms with Gasteiger partial charge in [0, 0.05) is 21.7 Å². The molecule has 33 heavy (non-hydrogen) atoms. The van der Waals surface area contributed by atoms with Gasteiger partial charge in [-0.2, -0.15) is 0 Å². The minimum Gasteiger partial charge on any atom is -0.497 e. The summed E-state index contributed by atoms with van der Waals surface area (Å²) in [7, 11) is 3.30. The Labute approximate surface area is 196 Å². The number of nitrogens with zero attached hydrogens (tertiary/aromatic N) is 1. The number of nitrogens with one attached hydrogen (secondary N) is 1. The second kappa shape index (κ2) is 8.88. The van der Waals surface area contributed by atoms with Crippen molar-refractivity contribution < 1.29 is 13.9 Å². The number of H-pyrrole nitrogens is 1. The van der Waals surface area contributed by atoms with Crippen LogP contribution in [-0.2, 0) is 0 Å². The first-order valence-corrected chi connectivity index (χ1v) is 10.8. The van der Waals surface area contributed by atoms with Crippen molar-refractivity contribution in [2.45, 2.75) is 0 Å². The number of hydrogen-bond donors (Lipinski definition) is 1. The monoisotopic (exact) mass is 456 g/mol. The lowest BCUT2D eigenvalue weighted by molar-refractivity contribution is 0.414. The van der Waals surface area contributed by atoms with E-state index < -0.39 is 0 Å². The molecule has 0 atom stereocenters. The molecule has 0 spiro atoms. The third-order valence-electron chi connectivity index (χ3n) is 5.46. The number of aromatic amines is 1. The maximum absolute atomic E-state index is 6.22. The normalized spacial score (nSPS) is 10.9. The molecule has 1 N–H and O–H groups in total. The van der Waals surface area contributed by atoms with Gasteiger partial charge in [-0.15, -0.1) is 0 Å².